The Kier molecular flexibility index (Phi) is 10.5. The van der Waals surface area contributed by atoms with Crippen LogP contribution in [0.4, 0.5) is 16.3 Å². The Labute approximate surface area is 249 Å². The zero-order chi connectivity index (χ0) is 29.9. The van der Waals surface area contributed by atoms with Gasteiger partial charge in [-0.05, 0) is 17.7 Å². The third kappa shape index (κ3) is 8.06. The molecule has 2 atom stereocenters. The lowest BCUT2D eigenvalue weighted by molar-refractivity contribution is -0.0899. The van der Waals surface area contributed by atoms with Crippen LogP contribution in [-0.4, -0.2) is 107 Å². The van der Waals surface area contributed by atoms with E-state index < -0.39 is 12.8 Å². The Hall–Kier alpha value is -4.53. The Balaban J connectivity index is 1.16. The molecule has 0 saturated carbocycles. The molecule has 1 aliphatic rings. The van der Waals surface area contributed by atoms with E-state index in [1.54, 1.807) is 44.4 Å². The Bertz CT molecular complexity index is 1410. The van der Waals surface area contributed by atoms with E-state index in [0.717, 1.165) is 16.9 Å². The second kappa shape index (κ2) is 15.1. The first kappa shape index (κ1) is 29.9. The molecule has 14 heteroatoms. The molecule has 0 radical (unpaired) electrons. The smallest absolute Gasteiger partial charge is 0.225 e. The predicted octanol–water partition coefficient (Wildman–Crippen LogP) is 2.70. The van der Waals surface area contributed by atoms with Crippen LogP contribution in [-0.2, 0) is 14.2 Å². The van der Waals surface area contributed by atoms with Crippen molar-refractivity contribution in [3.63, 3.8) is 0 Å². The van der Waals surface area contributed by atoms with Crippen LogP contribution in [0.15, 0.2) is 61.8 Å². The minimum absolute atomic E-state index is 0.00613. The van der Waals surface area contributed by atoms with Gasteiger partial charge in [-0.1, -0.05) is 12.2 Å². The first-order chi connectivity index (χ1) is 21.2. The number of halogens is 1. The fraction of sp³-hybridized carbons (Fsp3) is 0.379. The molecule has 1 fully saturated rings. The van der Waals surface area contributed by atoms with Gasteiger partial charge in [0, 0.05) is 70.4 Å². The molecule has 0 bridgehead atoms. The van der Waals surface area contributed by atoms with E-state index in [1.165, 1.54) is 7.11 Å². The topological polar surface area (TPSA) is 126 Å². The maximum absolute atomic E-state index is 13.1. The molecule has 5 heterocycles. The first-order valence-electron chi connectivity index (χ1n) is 13.7. The van der Waals surface area contributed by atoms with Crippen molar-refractivity contribution in [1.82, 2.24) is 34.5 Å². The second-order valence-electron chi connectivity index (χ2n) is 9.70. The van der Waals surface area contributed by atoms with Crippen molar-refractivity contribution >= 4 is 24.0 Å². The summed E-state index contributed by atoms with van der Waals surface area (Å²) in [6.07, 6.45) is 17.0. The fourth-order valence-corrected chi connectivity index (χ4v) is 4.47. The lowest BCUT2D eigenvalue weighted by Gasteiger charge is -2.41. The molecule has 0 spiro atoms. The normalized spacial score (nSPS) is 16.1. The highest BCUT2D eigenvalue weighted by Gasteiger charge is 2.30. The monoisotopic (exact) mass is 591 g/mol. The average molecular weight is 592 g/mol. The number of hydrogen-bond donors (Lipinski definition) is 0. The van der Waals surface area contributed by atoms with Gasteiger partial charge in [-0.3, -0.25) is 4.57 Å². The largest absolute Gasteiger partial charge is 0.488 e. The molecule has 1 aliphatic heterocycles. The Morgan fingerprint density at radius 1 is 0.930 bits per heavy atom. The molecule has 43 heavy (non-hydrogen) atoms. The highest BCUT2D eigenvalue weighted by Crippen LogP contribution is 2.21. The van der Waals surface area contributed by atoms with Crippen LogP contribution >= 0.6 is 0 Å². The molecule has 4 aromatic rings. The summed E-state index contributed by atoms with van der Waals surface area (Å²) in [5, 5.41) is 0. The first-order valence-corrected chi connectivity index (χ1v) is 13.7. The maximum atomic E-state index is 13.1. The number of nitrogens with zero attached hydrogens (tertiary/aromatic N) is 9. The highest BCUT2D eigenvalue weighted by atomic mass is 19.1. The van der Waals surface area contributed by atoms with Crippen LogP contribution in [0, 0.1) is 0 Å². The van der Waals surface area contributed by atoms with Crippen LogP contribution < -0.4 is 14.5 Å². The van der Waals surface area contributed by atoms with E-state index in [1.807, 2.05) is 41.2 Å². The summed E-state index contributed by atoms with van der Waals surface area (Å²) in [4.78, 5) is 30.9. The van der Waals surface area contributed by atoms with Crippen molar-refractivity contribution < 1.29 is 23.3 Å². The van der Waals surface area contributed by atoms with Gasteiger partial charge in [0.25, 0.3) is 0 Å². The van der Waals surface area contributed by atoms with Crippen molar-refractivity contribution in [2.75, 3.05) is 70.3 Å². The van der Waals surface area contributed by atoms with Gasteiger partial charge >= 0.3 is 0 Å². The zero-order valence-electron chi connectivity index (χ0n) is 24.1. The molecule has 0 N–H and O–H groups in total. The van der Waals surface area contributed by atoms with E-state index in [4.69, 9.17) is 18.9 Å². The number of methoxy groups -OCH3 is 2. The number of pyridine rings is 1. The fourth-order valence-electron chi connectivity index (χ4n) is 4.47. The molecule has 4 aromatic heterocycles. The van der Waals surface area contributed by atoms with Gasteiger partial charge in [0.2, 0.25) is 11.9 Å². The minimum Gasteiger partial charge on any atom is -0.488 e. The standard InChI is InChI=1S/C29H34FN9O4/c1-40-18-24-17-37(9-10-39(24)29-35-15-26(16-36-29)42-19-25(11-30)43-21-41-2)28-33-13-23(14-34-28)4-3-22-5-6-27(32-12-22)38-8-7-31-20-38/h3-8,12-16,20,24-25H,9-11,17-19,21H2,1-2H3/b4-3+/t24-,25?/m1/s1. The van der Waals surface area contributed by atoms with Gasteiger partial charge in [-0.15, -0.1) is 0 Å². The van der Waals surface area contributed by atoms with Crippen molar-refractivity contribution in [3.05, 3.63) is 73.0 Å². The molecule has 0 aliphatic carbocycles. The van der Waals surface area contributed by atoms with Crippen LogP contribution in [0.25, 0.3) is 18.0 Å². The number of imidazole rings is 1. The van der Waals surface area contributed by atoms with Crippen molar-refractivity contribution in [3.8, 4) is 11.6 Å². The van der Waals surface area contributed by atoms with Crippen molar-refractivity contribution in [2.45, 2.75) is 12.1 Å². The summed E-state index contributed by atoms with van der Waals surface area (Å²) in [5.74, 6) is 2.43. The van der Waals surface area contributed by atoms with Crippen molar-refractivity contribution in [2.24, 2.45) is 0 Å². The van der Waals surface area contributed by atoms with Gasteiger partial charge in [0.1, 0.15) is 38.3 Å². The maximum Gasteiger partial charge on any atom is 0.225 e. The SMILES string of the molecule is COCOC(CF)COc1cnc(N2CCN(c3ncc(/C=C/c4ccc(-n5ccnc5)nc4)cn3)C[C@@H]2COC)nc1. The van der Waals surface area contributed by atoms with Crippen LogP contribution in [0.1, 0.15) is 11.1 Å². The summed E-state index contributed by atoms with van der Waals surface area (Å²) in [6, 6.07) is 3.91. The molecule has 0 aromatic carbocycles. The van der Waals surface area contributed by atoms with E-state index in [2.05, 4.69) is 39.7 Å². The van der Waals surface area contributed by atoms with Gasteiger partial charge < -0.3 is 28.7 Å². The van der Waals surface area contributed by atoms with Crippen LogP contribution in [0.2, 0.25) is 0 Å². The second-order valence-corrected chi connectivity index (χ2v) is 9.70. The van der Waals surface area contributed by atoms with Gasteiger partial charge in [-0.25, -0.2) is 34.3 Å². The number of rotatable bonds is 14. The van der Waals surface area contributed by atoms with Crippen LogP contribution in [0.3, 0.4) is 0 Å². The average Bonchev–Trinajstić information content (AvgIpc) is 3.60. The van der Waals surface area contributed by atoms with Crippen LogP contribution in [0.5, 0.6) is 5.75 Å². The number of hydrogen-bond acceptors (Lipinski definition) is 12. The number of piperazine rings is 1. The molecule has 5 rings (SSSR count). The molecular formula is C29H34FN9O4. The number of anilines is 2. The Morgan fingerprint density at radius 3 is 2.37 bits per heavy atom. The Morgan fingerprint density at radius 2 is 1.70 bits per heavy atom. The summed E-state index contributed by atoms with van der Waals surface area (Å²) in [6.45, 7) is 1.77. The van der Waals surface area contributed by atoms with E-state index >= 15 is 0 Å². The number of aromatic nitrogens is 7. The molecule has 0 amide bonds. The highest BCUT2D eigenvalue weighted by molar-refractivity contribution is 5.68. The third-order valence-electron chi connectivity index (χ3n) is 6.69. The minimum atomic E-state index is -0.727. The van der Waals surface area contributed by atoms with E-state index in [-0.39, 0.29) is 19.4 Å². The summed E-state index contributed by atoms with van der Waals surface area (Å²) in [5.41, 5.74) is 1.85. The lowest BCUT2D eigenvalue weighted by atomic mass is 10.2. The van der Waals surface area contributed by atoms with E-state index in [9.17, 15) is 4.39 Å². The number of ether oxygens (including phenoxy) is 4. The summed E-state index contributed by atoms with van der Waals surface area (Å²) >= 11 is 0. The lowest BCUT2D eigenvalue weighted by Crippen LogP contribution is -2.56. The molecule has 1 unspecified atom stereocenters. The summed E-state index contributed by atoms with van der Waals surface area (Å²) < 4.78 is 36.1. The van der Waals surface area contributed by atoms with Gasteiger partial charge in [-0.2, -0.15) is 0 Å². The zero-order valence-corrected chi connectivity index (χ0v) is 24.1. The van der Waals surface area contributed by atoms with Gasteiger partial charge in [0.15, 0.2) is 5.75 Å². The number of alkyl halides is 1. The predicted molar refractivity (Wildman–Crippen MR) is 158 cm³/mol. The van der Waals surface area contributed by atoms with Crippen molar-refractivity contribution in [1.29, 1.82) is 0 Å². The summed E-state index contributed by atoms with van der Waals surface area (Å²) in [7, 11) is 3.14. The molecule has 13 nitrogen and oxygen atoms in total. The molecular weight excluding hydrogens is 557 g/mol. The quantitative estimate of drug-likeness (QED) is 0.200. The molecule has 1 saturated heterocycles. The molecule has 226 valence electrons. The third-order valence-corrected chi connectivity index (χ3v) is 6.69. The van der Waals surface area contributed by atoms with E-state index in [0.29, 0.717) is 43.9 Å². The van der Waals surface area contributed by atoms with Gasteiger partial charge in [0.05, 0.1) is 25.0 Å².